The molecule has 0 bridgehead atoms. The van der Waals surface area contributed by atoms with Gasteiger partial charge in [-0.3, -0.25) is 4.79 Å². The Labute approximate surface area is 199 Å². The first kappa shape index (κ1) is 22.5. The summed E-state index contributed by atoms with van der Waals surface area (Å²) < 4.78 is 33.3. The quantitative estimate of drug-likeness (QED) is 0.564. The Hall–Kier alpha value is -3.33. The predicted molar refractivity (Wildman–Crippen MR) is 131 cm³/mol. The molecule has 2 heterocycles. The van der Waals surface area contributed by atoms with Crippen molar-refractivity contribution < 1.29 is 17.9 Å². The molecule has 34 heavy (non-hydrogen) atoms. The molecule has 1 fully saturated rings. The Morgan fingerprint density at radius 2 is 1.65 bits per heavy atom. The number of fused-ring (bicyclic) bond motifs is 1. The number of hydrogen-bond acceptors (Lipinski definition) is 5. The van der Waals surface area contributed by atoms with Gasteiger partial charge < -0.3 is 9.64 Å². The zero-order valence-electron chi connectivity index (χ0n) is 18.8. The first-order valence-electron chi connectivity index (χ1n) is 11.2. The van der Waals surface area contributed by atoms with Crippen LogP contribution in [0.4, 0.5) is 11.4 Å². The lowest BCUT2D eigenvalue weighted by molar-refractivity contribution is -0.112. The van der Waals surface area contributed by atoms with Gasteiger partial charge in [0.15, 0.2) is 0 Å². The molecule has 5 rings (SSSR count). The maximum absolute atomic E-state index is 13.4. The van der Waals surface area contributed by atoms with E-state index in [9.17, 15) is 13.2 Å². The Bertz CT molecular complexity index is 1360. The lowest BCUT2D eigenvalue weighted by atomic mass is 10.1. The summed E-state index contributed by atoms with van der Waals surface area (Å²) in [6.07, 6.45) is 0. The van der Waals surface area contributed by atoms with Crippen molar-refractivity contribution in [1.29, 1.82) is 0 Å². The topological polar surface area (TPSA) is 79.3 Å². The van der Waals surface area contributed by atoms with E-state index < -0.39 is 10.0 Å². The molecule has 3 aromatic rings. The van der Waals surface area contributed by atoms with Crippen molar-refractivity contribution in [1.82, 2.24) is 4.31 Å². The summed E-state index contributed by atoms with van der Waals surface area (Å²) in [5.41, 5.74) is 3.92. The molecule has 0 unspecified atom stereocenters. The van der Waals surface area contributed by atoms with Crippen LogP contribution in [0.2, 0.25) is 0 Å². The van der Waals surface area contributed by atoms with Gasteiger partial charge in [-0.2, -0.15) is 4.31 Å². The van der Waals surface area contributed by atoms with E-state index >= 15 is 0 Å². The molecular formula is C26H25N3O4S. The van der Waals surface area contributed by atoms with E-state index in [1.54, 1.807) is 30.0 Å². The number of ether oxygens (including phenoxy) is 1. The van der Waals surface area contributed by atoms with E-state index in [0.29, 0.717) is 49.8 Å². The van der Waals surface area contributed by atoms with Gasteiger partial charge in [-0.1, -0.05) is 54.6 Å². The van der Waals surface area contributed by atoms with Gasteiger partial charge in [0.1, 0.15) is 5.71 Å². The summed E-state index contributed by atoms with van der Waals surface area (Å²) in [5.74, 6) is -0.205. The van der Waals surface area contributed by atoms with Gasteiger partial charge >= 0.3 is 0 Å². The molecule has 2 aliphatic heterocycles. The van der Waals surface area contributed by atoms with Crippen molar-refractivity contribution in [3.63, 3.8) is 0 Å². The highest BCUT2D eigenvalue weighted by Crippen LogP contribution is 2.33. The van der Waals surface area contributed by atoms with Crippen LogP contribution in [0.1, 0.15) is 16.7 Å². The van der Waals surface area contributed by atoms with Gasteiger partial charge in [-0.15, -0.1) is 0 Å². The zero-order valence-corrected chi connectivity index (χ0v) is 19.7. The van der Waals surface area contributed by atoms with Crippen molar-refractivity contribution in [2.45, 2.75) is 18.4 Å². The molecule has 0 spiro atoms. The molecule has 2 aliphatic rings. The number of para-hydroxylation sites is 1. The molecule has 1 amide bonds. The van der Waals surface area contributed by atoms with Crippen LogP contribution in [0.25, 0.3) is 0 Å². The van der Waals surface area contributed by atoms with Gasteiger partial charge in [0, 0.05) is 18.7 Å². The van der Waals surface area contributed by atoms with Crippen LogP contribution in [-0.2, 0) is 26.1 Å². The van der Waals surface area contributed by atoms with Gasteiger partial charge in [-0.05, 0) is 36.2 Å². The van der Waals surface area contributed by atoms with Gasteiger partial charge in [0.2, 0.25) is 10.0 Å². The number of aliphatic imine (C=N–C) groups is 1. The Balaban J connectivity index is 1.52. The van der Waals surface area contributed by atoms with Crippen molar-refractivity contribution in [3.8, 4) is 0 Å². The number of sulfonamides is 1. The summed E-state index contributed by atoms with van der Waals surface area (Å²) in [6.45, 7) is 3.59. The van der Waals surface area contributed by atoms with E-state index in [0.717, 1.165) is 16.8 Å². The number of benzene rings is 3. The first-order chi connectivity index (χ1) is 16.4. The summed E-state index contributed by atoms with van der Waals surface area (Å²) in [7, 11) is -3.69. The minimum absolute atomic E-state index is 0.205. The number of nitrogens with zero attached hydrogens (tertiary/aromatic N) is 3. The van der Waals surface area contributed by atoms with Crippen molar-refractivity contribution >= 4 is 33.0 Å². The average molecular weight is 476 g/mol. The molecule has 8 heteroatoms. The standard InChI is InChI=1S/C26H25N3O4S/c1-19-11-12-21(17-24(19)34(31,32)28-13-15-33-16-14-28)27-25-22-9-5-6-10-23(22)29(26(25)30)18-20-7-3-2-4-8-20/h2-12,17H,13-16,18H2,1H3. The van der Waals surface area contributed by atoms with E-state index in [1.807, 2.05) is 54.6 Å². The van der Waals surface area contributed by atoms with Crippen LogP contribution in [0.15, 0.2) is 82.7 Å². The van der Waals surface area contributed by atoms with Crippen molar-refractivity contribution in [3.05, 3.63) is 89.5 Å². The van der Waals surface area contributed by atoms with Crippen molar-refractivity contribution in [2.24, 2.45) is 4.99 Å². The van der Waals surface area contributed by atoms with E-state index in [4.69, 9.17) is 4.74 Å². The zero-order chi connectivity index (χ0) is 23.7. The third-order valence-corrected chi connectivity index (χ3v) is 8.12. The molecule has 7 nitrogen and oxygen atoms in total. The maximum atomic E-state index is 13.4. The number of carbonyl (C=O) groups is 1. The molecule has 0 N–H and O–H groups in total. The van der Waals surface area contributed by atoms with Crippen LogP contribution in [-0.4, -0.2) is 50.6 Å². The van der Waals surface area contributed by atoms with Crippen molar-refractivity contribution in [2.75, 3.05) is 31.2 Å². The minimum atomic E-state index is -3.69. The molecular weight excluding hydrogens is 450 g/mol. The second-order valence-electron chi connectivity index (χ2n) is 8.32. The lowest BCUT2D eigenvalue weighted by Gasteiger charge is -2.26. The summed E-state index contributed by atoms with van der Waals surface area (Å²) in [4.78, 5) is 20.0. The Morgan fingerprint density at radius 1 is 0.941 bits per heavy atom. The SMILES string of the molecule is Cc1ccc(N=C2C(=O)N(Cc3ccccc3)c3ccccc32)cc1S(=O)(=O)N1CCOCC1. The second kappa shape index (κ2) is 9.13. The van der Waals surface area contributed by atoms with Gasteiger partial charge in [0.25, 0.3) is 5.91 Å². The number of carbonyl (C=O) groups excluding carboxylic acids is 1. The monoisotopic (exact) mass is 475 g/mol. The molecule has 1 saturated heterocycles. The van der Waals surface area contributed by atoms with Crippen LogP contribution >= 0.6 is 0 Å². The number of rotatable bonds is 5. The lowest BCUT2D eigenvalue weighted by Crippen LogP contribution is -2.40. The molecule has 3 aromatic carbocycles. The largest absolute Gasteiger partial charge is 0.379 e. The number of aryl methyl sites for hydroxylation is 1. The highest BCUT2D eigenvalue weighted by Gasteiger charge is 2.34. The fourth-order valence-corrected chi connectivity index (χ4v) is 5.94. The molecule has 0 atom stereocenters. The van der Waals surface area contributed by atoms with Gasteiger partial charge in [-0.25, -0.2) is 13.4 Å². The molecule has 0 radical (unpaired) electrons. The second-order valence-corrected chi connectivity index (χ2v) is 10.2. The third-order valence-electron chi connectivity index (χ3n) is 6.08. The number of hydrogen-bond donors (Lipinski definition) is 0. The normalized spacial score (nSPS) is 17.9. The average Bonchev–Trinajstić information content (AvgIpc) is 3.12. The smallest absolute Gasteiger partial charge is 0.277 e. The Morgan fingerprint density at radius 3 is 2.41 bits per heavy atom. The third kappa shape index (κ3) is 4.16. The number of anilines is 1. The fraction of sp³-hybridized carbons (Fsp3) is 0.231. The van der Waals surface area contributed by atoms with Crippen LogP contribution in [0.5, 0.6) is 0 Å². The maximum Gasteiger partial charge on any atom is 0.277 e. The minimum Gasteiger partial charge on any atom is -0.379 e. The number of morpholine rings is 1. The summed E-state index contributed by atoms with van der Waals surface area (Å²) in [5, 5.41) is 0. The van der Waals surface area contributed by atoms with E-state index in [1.165, 1.54) is 4.31 Å². The van der Waals surface area contributed by atoms with Crippen LogP contribution < -0.4 is 4.90 Å². The summed E-state index contributed by atoms with van der Waals surface area (Å²) in [6, 6.07) is 22.4. The highest BCUT2D eigenvalue weighted by atomic mass is 32.2. The van der Waals surface area contributed by atoms with Gasteiger partial charge in [0.05, 0.1) is 36.0 Å². The molecule has 0 aromatic heterocycles. The molecule has 0 aliphatic carbocycles. The first-order valence-corrected chi connectivity index (χ1v) is 12.6. The van der Waals surface area contributed by atoms with E-state index in [2.05, 4.69) is 4.99 Å². The van der Waals surface area contributed by atoms with E-state index in [-0.39, 0.29) is 10.8 Å². The highest BCUT2D eigenvalue weighted by molar-refractivity contribution is 7.89. The molecule has 174 valence electrons. The number of amides is 1. The van der Waals surface area contributed by atoms with Crippen LogP contribution in [0, 0.1) is 6.92 Å². The summed E-state index contributed by atoms with van der Waals surface area (Å²) >= 11 is 0. The fourth-order valence-electron chi connectivity index (χ4n) is 4.28. The van der Waals surface area contributed by atoms with Crippen LogP contribution in [0.3, 0.4) is 0 Å². The Kier molecular flexibility index (Phi) is 6.03. The predicted octanol–water partition coefficient (Wildman–Crippen LogP) is 3.68. The molecule has 0 saturated carbocycles.